The average Bonchev–Trinajstić information content (AvgIpc) is 2.80. The molecule has 3 rings (SSSR count). The lowest BCUT2D eigenvalue weighted by Gasteiger charge is -2.33. The molecule has 7 heteroatoms. The van der Waals surface area contributed by atoms with Gasteiger partial charge in [-0.15, -0.1) is 11.8 Å². The number of nitrogens with zero attached hydrogens (tertiary/aromatic N) is 1. The Kier molecular flexibility index (Phi) is 9.76. The highest BCUT2D eigenvalue weighted by Crippen LogP contribution is 2.28. The van der Waals surface area contributed by atoms with Gasteiger partial charge in [0.2, 0.25) is 11.8 Å². The van der Waals surface area contributed by atoms with Gasteiger partial charge in [-0.25, -0.2) is 0 Å². The molecule has 4 nitrogen and oxygen atoms in total. The predicted molar refractivity (Wildman–Crippen MR) is 133 cm³/mol. The maximum Gasteiger partial charge on any atom is 0.243 e. The fourth-order valence-corrected chi connectivity index (χ4v) is 5.38. The zero-order valence-electron chi connectivity index (χ0n) is 18.4. The van der Waals surface area contributed by atoms with Gasteiger partial charge in [-0.3, -0.25) is 9.59 Å². The highest BCUT2D eigenvalue weighted by Gasteiger charge is 2.31. The van der Waals surface area contributed by atoms with Gasteiger partial charge in [0.1, 0.15) is 6.04 Å². The summed E-state index contributed by atoms with van der Waals surface area (Å²) in [6.07, 6.45) is 5.99. The van der Waals surface area contributed by atoms with Gasteiger partial charge in [-0.1, -0.05) is 73.7 Å². The van der Waals surface area contributed by atoms with Crippen molar-refractivity contribution in [3.8, 4) is 0 Å². The molecule has 1 fully saturated rings. The second-order valence-corrected chi connectivity index (χ2v) is 9.95. The molecule has 2 amide bonds. The van der Waals surface area contributed by atoms with Crippen LogP contribution in [0.1, 0.15) is 51.0 Å². The topological polar surface area (TPSA) is 49.4 Å². The highest BCUT2D eigenvalue weighted by atomic mass is 35.5. The van der Waals surface area contributed by atoms with Gasteiger partial charge in [0.05, 0.1) is 5.75 Å². The lowest BCUT2D eigenvalue weighted by atomic mass is 9.95. The molecule has 0 radical (unpaired) electrons. The number of nitrogens with one attached hydrogen (secondary N) is 1. The van der Waals surface area contributed by atoms with E-state index in [4.69, 9.17) is 23.2 Å². The first-order valence-corrected chi connectivity index (χ1v) is 12.9. The van der Waals surface area contributed by atoms with Crippen molar-refractivity contribution in [2.75, 3.05) is 5.75 Å². The summed E-state index contributed by atoms with van der Waals surface area (Å²) in [6.45, 7) is 2.13. The van der Waals surface area contributed by atoms with Crippen molar-refractivity contribution in [2.45, 2.75) is 69.0 Å². The Labute approximate surface area is 205 Å². The largest absolute Gasteiger partial charge is 0.352 e. The number of thioether (sulfide) groups is 1. The minimum absolute atomic E-state index is 0.0966. The molecule has 0 saturated heterocycles. The molecular weight excluding hydrogens is 463 g/mol. The summed E-state index contributed by atoms with van der Waals surface area (Å²) in [6, 6.07) is 14.7. The first kappa shape index (κ1) is 24.9. The summed E-state index contributed by atoms with van der Waals surface area (Å²) in [5, 5.41) is 4.18. The molecule has 0 bridgehead atoms. The van der Waals surface area contributed by atoms with E-state index in [1.807, 2.05) is 37.3 Å². The lowest BCUT2D eigenvalue weighted by molar-refractivity contribution is -0.139. The molecule has 2 aromatic carbocycles. The molecule has 1 aliphatic carbocycles. The summed E-state index contributed by atoms with van der Waals surface area (Å²) in [5.74, 6) is 0.0281. The van der Waals surface area contributed by atoms with Crippen LogP contribution in [0.2, 0.25) is 10.0 Å². The first-order chi connectivity index (χ1) is 15.5. The van der Waals surface area contributed by atoms with Gasteiger partial charge in [0.15, 0.2) is 0 Å². The number of hydrogen-bond donors (Lipinski definition) is 1. The Hall–Kier alpha value is -1.69. The maximum absolute atomic E-state index is 13.4. The summed E-state index contributed by atoms with van der Waals surface area (Å²) < 4.78 is 0. The second-order valence-electron chi connectivity index (χ2n) is 8.09. The molecule has 0 heterocycles. The number of benzene rings is 2. The zero-order valence-corrected chi connectivity index (χ0v) is 20.7. The van der Waals surface area contributed by atoms with Crippen LogP contribution in [-0.2, 0) is 16.1 Å². The van der Waals surface area contributed by atoms with Crippen LogP contribution < -0.4 is 5.32 Å². The Morgan fingerprint density at radius 1 is 1.03 bits per heavy atom. The molecule has 1 unspecified atom stereocenters. The number of halogens is 2. The molecular formula is C25H30Cl2N2O2S. The van der Waals surface area contributed by atoms with Crippen LogP contribution in [-0.4, -0.2) is 34.6 Å². The van der Waals surface area contributed by atoms with E-state index >= 15 is 0 Å². The van der Waals surface area contributed by atoms with E-state index in [9.17, 15) is 9.59 Å². The van der Waals surface area contributed by atoms with Gasteiger partial charge < -0.3 is 10.2 Å². The minimum Gasteiger partial charge on any atom is -0.352 e. The third-order valence-corrected chi connectivity index (χ3v) is 7.54. The van der Waals surface area contributed by atoms with Crippen molar-refractivity contribution in [1.82, 2.24) is 10.2 Å². The van der Waals surface area contributed by atoms with E-state index in [-0.39, 0.29) is 30.2 Å². The Morgan fingerprint density at radius 2 is 1.69 bits per heavy atom. The molecule has 0 spiro atoms. The predicted octanol–water partition coefficient (Wildman–Crippen LogP) is 6.34. The fourth-order valence-electron chi connectivity index (χ4n) is 4.06. The molecule has 1 atom stereocenters. The molecule has 2 aromatic rings. The number of amides is 2. The van der Waals surface area contributed by atoms with Crippen LogP contribution >= 0.6 is 35.0 Å². The summed E-state index contributed by atoms with van der Waals surface area (Å²) in [7, 11) is 0. The van der Waals surface area contributed by atoms with Crippen molar-refractivity contribution >= 4 is 46.8 Å². The van der Waals surface area contributed by atoms with Crippen molar-refractivity contribution in [3.05, 3.63) is 64.1 Å². The van der Waals surface area contributed by atoms with Crippen molar-refractivity contribution in [1.29, 1.82) is 0 Å². The monoisotopic (exact) mass is 492 g/mol. The smallest absolute Gasteiger partial charge is 0.243 e. The molecule has 1 N–H and O–H groups in total. The minimum atomic E-state index is -0.576. The van der Waals surface area contributed by atoms with Crippen LogP contribution in [0.4, 0.5) is 0 Å². The van der Waals surface area contributed by atoms with Gasteiger partial charge in [0, 0.05) is 33.1 Å². The van der Waals surface area contributed by atoms with Gasteiger partial charge in [-0.2, -0.15) is 0 Å². The van der Waals surface area contributed by atoms with Crippen LogP contribution in [0.3, 0.4) is 0 Å². The van der Waals surface area contributed by atoms with Crippen LogP contribution in [0.25, 0.3) is 0 Å². The molecule has 0 aliphatic heterocycles. The normalized spacial score (nSPS) is 15.2. The van der Waals surface area contributed by atoms with Crippen molar-refractivity contribution in [2.24, 2.45) is 0 Å². The van der Waals surface area contributed by atoms with E-state index in [1.165, 1.54) is 18.2 Å². The van der Waals surface area contributed by atoms with E-state index in [1.54, 1.807) is 23.1 Å². The Balaban J connectivity index is 1.80. The SMILES string of the molecule is CCC(C(=O)NC1CCCCC1)N(Cc1c(Cl)cccc1Cl)C(=O)CSc1ccccc1. The van der Waals surface area contributed by atoms with E-state index in [0.29, 0.717) is 22.0 Å². The standard InChI is InChI=1S/C25H30Cl2N2O2S/c1-2-23(25(31)28-18-10-5-3-6-11-18)29(16-20-21(26)14-9-15-22(20)27)24(30)17-32-19-12-7-4-8-13-19/h4,7-9,12-15,18,23H,2-3,5-6,10-11,16-17H2,1H3,(H,28,31). The number of carbonyl (C=O) groups excluding carboxylic acids is 2. The molecule has 172 valence electrons. The number of rotatable bonds is 9. The van der Waals surface area contributed by atoms with Crippen molar-refractivity contribution < 1.29 is 9.59 Å². The average molecular weight is 494 g/mol. The molecule has 32 heavy (non-hydrogen) atoms. The van der Waals surface area contributed by atoms with Crippen LogP contribution in [0, 0.1) is 0 Å². The van der Waals surface area contributed by atoms with Gasteiger partial charge in [-0.05, 0) is 43.5 Å². The molecule has 0 aromatic heterocycles. The lowest BCUT2D eigenvalue weighted by Crippen LogP contribution is -2.52. The third kappa shape index (κ3) is 6.90. The zero-order chi connectivity index (χ0) is 22.9. The van der Waals surface area contributed by atoms with E-state index in [0.717, 1.165) is 30.6 Å². The summed E-state index contributed by atoms with van der Waals surface area (Å²) in [4.78, 5) is 29.3. The van der Waals surface area contributed by atoms with Crippen LogP contribution in [0.15, 0.2) is 53.4 Å². The first-order valence-electron chi connectivity index (χ1n) is 11.2. The molecule has 1 saturated carbocycles. The fraction of sp³-hybridized carbons (Fsp3) is 0.440. The second kappa shape index (κ2) is 12.5. The Morgan fingerprint density at radius 3 is 2.31 bits per heavy atom. The summed E-state index contributed by atoms with van der Waals surface area (Å²) in [5.41, 5.74) is 0.665. The van der Waals surface area contributed by atoms with Crippen LogP contribution in [0.5, 0.6) is 0 Å². The quantitative estimate of drug-likeness (QED) is 0.415. The number of carbonyl (C=O) groups is 2. The van der Waals surface area contributed by atoms with E-state index < -0.39 is 6.04 Å². The van der Waals surface area contributed by atoms with Gasteiger partial charge in [0.25, 0.3) is 0 Å². The van der Waals surface area contributed by atoms with Crippen molar-refractivity contribution in [3.63, 3.8) is 0 Å². The maximum atomic E-state index is 13.4. The summed E-state index contributed by atoms with van der Waals surface area (Å²) >= 11 is 14.3. The van der Waals surface area contributed by atoms with E-state index in [2.05, 4.69) is 5.32 Å². The molecule has 1 aliphatic rings. The Bertz CT molecular complexity index is 884. The highest BCUT2D eigenvalue weighted by molar-refractivity contribution is 8.00. The van der Waals surface area contributed by atoms with Gasteiger partial charge >= 0.3 is 0 Å². The third-order valence-electron chi connectivity index (χ3n) is 5.83. The number of hydrogen-bond acceptors (Lipinski definition) is 3.